The van der Waals surface area contributed by atoms with Crippen molar-refractivity contribution in [2.24, 2.45) is 5.92 Å². The molecule has 0 bridgehead atoms. The van der Waals surface area contributed by atoms with Crippen molar-refractivity contribution in [1.29, 1.82) is 0 Å². The summed E-state index contributed by atoms with van der Waals surface area (Å²) in [5, 5.41) is 0. The van der Waals surface area contributed by atoms with Crippen LogP contribution in [0.25, 0.3) is 0 Å². The molecule has 1 atom stereocenters. The highest BCUT2D eigenvalue weighted by Gasteiger charge is 2.11. The largest absolute Gasteiger partial charge is 0.496 e. The third-order valence-corrected chi connectivity index (χ3v) is 3.36. The normalized spacial score (nSPS) is 12.3. The molecule has 0 heterocycles. The minimum atomic E-state index is 0.519. The van der Waals surface area contributed by atoms with Gasteiger partial charge in [-0.1, -0.05) is 13.0 Å². The van der Waals surface area contributed by atoms with E-state index >= 15 is 0 Å². The Morgan fingerprint density at radius 3 is 2.44 bits per heavy atom. The lowest BCUT2D eigenvalue weighted by molar-refractivity contribution is 0.410. The van der Waals surface area contributed by atoms with Crippen LogP contribution >= 0.6 is 0 Å². The van der Waals surface area contributed by atoms with E-state index in [4.69, 9.17) is 4.74 Å². The molecule has 1 nitrogen and oxygen atoms in total. The van der Waals surface area contributed by atoms with Crippen molar-refractivity contribution in [2.75, 3.05) is 7.11 Å². The Labute approximate surface area is 99.1 Å². The molecule has 0 aliphatic carbocycles. The van der Waals surface area contributed by atoms with Gasteiger partial charge in [-0.2, -0.15) is 0 Å². The molecule has 1 aromatic carbocycles. The third-order valence-electron chi connectivity index (χ3n) is 3.36. The fourth-order valence-corrected chi connectivity index (χ4v) is 2.03. The predicted octanol–water partition coefficient (Wildman–Crippen LogP) is 3.99. The van der Waals surface area contributed by atoms with Crippen molar-refractivity contribution in [1.82, 2.24) is 0 Å². The van der Waals surface area contributed by atoms with Crippen LogP contribution in [0.5, 0.6) is 5.75 Å². The van der Waals surface area contributed by atoms with Crippen LogP contribution in [0.15, 0.2) is 18.7 Å². The summed E-state index contributed by atoms with van der Waals surface area (Å²) in [6.07, 6.45) is 3.07. The van der Waals surface area contributed by atoms with Gasteiger partial charge in [0.05, 0.1) is 7.11 Å². The summed E-state index contributed by atoms with van der Waals surface area (Å²) in [5.41, 5.74) is 5.35. The fraction of sp³-hybridized carbons (Fsp3) is 0.467. The maximum atomic E-state index is 5.37. The van der Waals surface area contributed by atoms with Crippen LogP contribution in [0.3, 0.4) is 0 Å². The van der Waals surface area contributed by atoms with Crippen molar-refractivity contribution in [3.8, 4) is 5.75 Å². The second-order valence-electron chi connectivity index (χ2n) is 4.54. The van der Waals surface area contributed by atoms with E-state index in [1.54, 1.807) is 7.11 Å². The number of benzene rings is 1. The Balaban J connectivity index is 3.19. The molecule has 0 fully saturated rings. The Kier molecular flexibility index (Phi) is 4.17. The number of rotatable bonds is 4. The van der Waals surface area contributed by atoms with Crippen molar-refractivity contribution in [2.45, 2.75) is 34.1 Å². The number of ether oxygens (including phenoxy) is 1. The topological polar surface area (TPSA) is 9.23 Å². The zero-order chi connectivity index (χ0) is 12.3. The van der Waals surface area contributed by atoms with E-state index in [0.717, 1.165) is 12.2 Å². The highest BCUT2D eigenvalue weighted by molar-refractivity contribution is 5.48. The average molecular weight is 218 g/mol. The fourth-order valence-electron chi connectivity index (χ4n) is 2.03. The van der Waals surface area contributed by atoms with E-state index in [1.807, 2.05) is 6.08 Å². The molecule has 16 heavy (non-hydrogen) atoms. The van der Waals surface area contributed by atoms with Crippen LogP contribution in [0.2, 0.25) is 0 Å². The van der Waals surface area contributed by atoms with Gasteiger partial charge in [0.1, 0.15) is 5.75 Å². The van der Waals surface area contributed by atoms with Crippen LogP contribution in [-0.2, 0) is 6.42 Å². The van der Waals surface area contributed by atoms with Gasteiger partial charge in [-0.3, -0.25) is 0 Å². The zero-order valence-corrected chi connectivity index (χ0v) is 11.1. The van der Waals surface area contributed by atoms with Crippen molar-refractivity contribution >= 4 is 0 Å². The summed E-state index contributed by atoms with van der Waals surface area (Å²) in [7, 11) is 1.73. The molecule has 0 aliphatic heterocycles. The molecule has 0 saturated carbocycles. The van der Waals surface area contributed by atoms with Crippen molar-refractivity contribution in [3.63, 3.8) is 0 Å². The molecular formula is C15H22O. The smallest absolute Gasteiger partial charge is 0.122 e. The first-order valence-electron chi connectivity index (χ1n) is 5.77. The minimum Gasteiger partial charge on any atom is -0.496 e. The van der Waals surface area contributed by atoms with Gasteiger partial charge in [0.15, 0.2) is 0 Å². The summed E-state index contributed by atoms with van der Waals surface area (Å²) in [5.74, 6) is 1.51. The number of aryl methyl sites for hydroxylation is 1. The highest BCUT2D eigenvalue weighted by atomic mass is 16.5. The van der Waals surface area contributed by atoms with Gasteiger partial charge >= 0.3 is 0 Å². The molecule has 0 aromatic heterocycles. The van der Waals surface area contributed by atoms with Gasteiger partial charge in [-0.25, -0.2) is 0 Å². The Hall–Kier alpha value is -1.24. The molecule has 88 valence electrons. The van der Waals surface area contributed by atoms with Crippen molar-refractivity contribution < 1.29 is 4.74 Å². The van der Waals surface area contributed by atoms with E-state index in [9.17, 15) is 0 Å². The molecule has 0 amide bonds. The van der Waals surface area contributed by atoms with Gasteiger partial charge in [-0.05, 0) is 61.4 Å². The number of methoxy groups -OCH3 is 1. The third kappa shape index (κ3) is 2.46. The summed E-state index contributed by atoms with van der Waals surface area (Å²) < 4.78 is 5.37. The van der Waals surface area contributed by atoms with Crippen LogP contribution < -0.4 is 4.74 Å². The van der Waals surface area contributed by atoms with E-state index in [0.29, 0.717) is 5.92 Å². The first-order valence-corrected chi connectivity index (χ1v) is 5.77. The lowest BCUT2D eigenvalue weighted by atomic mass is 9.90. The van der Waals surface area contributed by atoms with E-state index in [2.05, 4.69) is 40.3 Å². The minimum absolute atomic E-state index is 0.519. The molecule has 1 rings (SSSR count). The summed E-state index contributed by atoms with van der Waals surface area (Å²) >= 11 is 0. The molecule has 0 N–H and O–H groups in total. The average Bonchev–Trinajstić information content (AvgIpc) is 2.28. The second-order valence-corrected chi connectivity index (χ2v) is 4.54. The number of hydrogen-bond acceptors (Lipinski definition) is 1. The molecular weight excluding hydrogens is 196 g/mol. The van der Waals surface area contributed by atoms with E-state index in [1.165, 1.54) is 22.3 Å². The highest BCUT2D eigenvalue weighted by Crippen LogP contribution is 2.29. The van der Waals surface area contributed by atoms with Crippen LogP contribution in [0, 0.1) is 26.7 Å². The Morgan fingerprint density at radius 2 is 1.94 bits per heavy atom. The molecule has 0 saturated heterocycles. The molecule has 1 unspecified atom stereocenters. The van der Waals surface area contributed by atoms with Crippen molar-refractivity contribution in [3.05, 3.63) is 41.0 Å². The zero-order valence-electron chi connectivity index (χ0n) is 11.1. The van der Waals surface area contributed by atoms with E-state index < -0.39 is 0 Å². The predicted molar refractivity (Wildman–Crippen MR) is 70.3 cm³/mol. The van der Waals surface area contributed by atoms with Crippen LogP contribution in [0.1, 0.15) is 29.2 Å². The summed E-state index contributed by atoms with van der Waals surface area (Å²) in [4.78, 5) is 0. The first kappa shape index (κ1) is 12.8. The lowest BCUT2D eigenvalue weighted by Crippen LogP contribution is -2.04. The molecule has 0 spiro atoms. The summed E-state index contributed by atoms with van der Waals surface area (Å²) in [6.45, 7) is 12.5. The molecule has 0 radical (unpaired) electrons. The second kappa shape index (κ2) is 5.20. The summed E-state index contributed by atoms with van der Waals surface area (Å²) in [6, 6.07) is 2.13. The first-order chi connectivity index (χ1) is 7.51. The number of allylic oxidation sites excluding steroid dienone is 1. The standard InChI is InChI=1S/C15H22O/c1-7-10(2)8-14-11(3)9-15(16-6)13(5)12(14)4/h7,9-10H,1,8H2,2-6H3. The quantitative estimate of drug-likeness (QED) is 0.694. The van der Waals surface area contributed by atoms with Gasteiger partial charge < -0.3 is 4.74 Å². The maximum Gasteiger partial charge on any atom is 0.122 e. The van der Waals surface area contributed by atoms with Crippen LogP contribution in [-0.4, -0.2) is 7.11 Å². The molecule has 1 heteroatoms. The van der Waals surface area contributed by atoms with E-state index in [-0.39, 0.29) is 0 Å². The Bertz CT molecular complexity index is 391. The molecule has 1 aromatic rings. The van der Waals surface area contributed by atoms with Gasteiger partial charge in [-0.15, -0.1) is 6.58 Å². The lowest BCUT2D eigenvalue weighted by Gasteiger charge is -2.17. The van der Waals surface area contributed by atoms with Gasteiger partial charge in [0.2, 0.25) is 0 Å². The number of hydrogen-bond donors (Lipinski definition) is 0. The SMILES string of the molecule is C=CC(C)Cc1c(C)cc(OC)c(C)c1C. The van der Waals surface area contributed by atoms with Gasteiger partial charge in [0, 0.05) is 0 Å². The van der Waals surface area contributed by atoms with Gasteiger partial charge in [0.25, 0.3) is 0 Å². The maximum absolute atomic E-state index is 5.37. The van der Waals surface area contributed by atoms with Crippen LogP contribution in [0.4, 0.5) is 0 Å². The molecule has 0 aliphatic rings. The monoisotopic (exact) mass is 218 g/mol. The Morgan fingerprint density at radius 1 is 1.31 bits per heavy atom.